The highest BCUT2D eigenvalue weighted by Crippen LogP contribution is 2.35. The van der Waals surface area contributed by atoms with Gasteiger partial charge in [-0.2, -0.15) is 4.31 Å². The molecule has 0 unspecified atom stereocenters. The third kappa shape index (κ3) is 5.19. The molecule has 3 aromatic carbocycles. The van der Waals surface area contributed by atoms with E-state index in [4.69, 9.17) is 23.2 Å². The fourth-order valence-corrected chi connectivity index (χ4v) is 5.83. The molecule has 11 heteroatoms. The summed E-state index contributed by atoms with van der Waals surface area (Å²) in [6.45, 7) is 0.149. The molecule has 1 aliphatic rings. The smallest absolute Gasteiger partial charge is 0.257 e. The van der Waals surface area contributed by atoms with E-state index in [1.807, 2.05) is 18.2 Å². The van der Waals surface area contributed by atoms with Crippen molar-refractivity contribution in [3.8, 4) is 0 Å². The van der Waals surface area contributed by atoms with Crippen LogP contribution in [0.3, 0.4) is 0 Å². The summed E-state index contributed by atoms with van der Waals surface area (Å²) in [5, 5.41) is 12.8. The molecule has 0 saturated carbocycles. The van der Waals surface area contributed by atoms with Crippen molar-refractivity contribution in [2.45, 2.75) is 23.3 Å². The van der Waals surface area contributed by atoms with Gasteiger partial charge in [-0.05, 0) is 42.7 Å². The molecular weight excluding hydrogens is 521 g/mol. The molecule has 184 valence electrons. The number of hydrogen-bond acceptors (Lipinski definition) is 4. The minimum Gasteiger partial charge on any atom is -0.385 e. The maximum Gasteiger partial charge on any atom is 0.257 e. The predicted octanol–water partition coefficient (Wildman–Crippen LogP) is 5.20. The van der Waals surface area contributed by atoms with Crippen molar-refractivity contribution in [3.63, 3.8) is 0 Å². The Morgan fingerprint density at radius 3 is 2.26 bits per heavy atom. The third-order valence-corrected chi connectivity index (χ3v) is 8.42. The van der Waals surface area contributed by atoms with Crippen LogP contribution >= 0.6 is 23.2 Å². The second kappa shape index (κ2) is 9.83. The maximum absolute atomic E-state index is 13.6. The van der Waals surface area contributed by atoms with Crippen molar-refractivity contribution >= 4 is 44.8 Å². The van der Waals surface area contributed by atoms with Crippen LogP contribution in [-0.4, -0.2) is 36.8 Å². The number of carbonyl (C=O) groups excluding carboxylic acids is 1. The Morgan fingerprint density at radius 2 is 1.63 bits per heavy atom. The molecule has 1 saturated heterocycles. The normalized spacial score (nSPS) is 16.1. The molecule has 2 N–H and O–H groups in total. The SMILES string of the molecule is O=C(Nc1cc(F)c(F)c(Cl)c1)c1cc(S(=O)(=O)N2CCC(O)(c3ccccc3)CC2)ccc1Cl. The first-order valence-corrected chi connectivity index (χ1v) is 12.7. The Morgan fingerprint density at radius 1 is 0.971 bits per heavy atom. The highest BCUT2D eigenvalue weighted by molar-refractivity contribution is 7.89. The molecule has 4 rings (SSSR count). The van der Waals surface area contributed by atoms with Gasteiger partial charge < -0.3 is 10.4 Å². The predicted molar refractivity (Wildman–Crippen MR) is 129 cm³/mol. The van der Waals surface area contributed by atoms with E-state index in [1.54, 1.807) is 12.1 Å². The van der Waals surface area contributed by atoms with Gasteiger partial charge in [-0.3, -0.25) is 4.79 Å². The number of piperidine rings is 1. The minimum atomic E-state index is -4.01. The van der Waals surface area contributed by atoms with Gasteiger partial charge in [0.2, 0.25) is 10.0 Å². The van der Waals surface area contributed by atoms with Crippen LogP contribution in [0.25, 0.3) is 0 Å². The summed E-state index contributed by atoms with van der Waals surface area (Å²) in [5.41, 5.74) is -0.713. The fourth-order valence-electron chi connectivity index (χ4n) is 3.95. The molecular formula is C24H20Cl2F2N2O4S. The second-order valence-corrected chi connectivity index (χ2v) is 10.9. The van der Waals surface area contributed by atoms with Gasteiger partial charge in [0, 0.05) is 24.8 Å². The lowest BCUT2D eigenvalue weighted by molar-refractivity contribution is -0.00961. The van der Waals surface area contributed by atoms with Crippen LogP contribution in [0.15, 0.2) is 65.6 Å². The number of hydrogen-bond donors (Lipinski definition) is 2. The number of sulfonamides is 1. The molecule has 35 heavy (non-hydrogen) atoms. The van der Waals surface area contributed by atoms with Crippen LogP contribution in [0.4, 0.5) is 14.5 Å². The van der Waals surface area contributed by atoms with Gasteiger partial charge in [0.1, 0.15) is 0 Å². The van der Waals surface area contributed by atoms with Crippen molar-refractivity contribution in [1.29, 1.82) is 0 Å². The van der Waals surface area contributed by atoms with E-state index in [1.165, 1.54) is 16.4 Å². The number of nitrogens with one attached hydrogen (secondary N) is 1. The minimum absolute atomic E-state index is 0.0350. The molecule has 0 bridgehead atoms. The molecule has 1 amide bonds. The molecule has 0 atom stereocenters. The molecule has 0 aliphatic carbocycles. The average Bonchev–Trinajstić information content (AvgIpc) is 2.83. The van der Waals surface area contributed by atoms with E-state index < -0.39 is 38.2 Å². The summed E-state index contributed by atoms with van der Waals surface area (Å²) in [5.74, 6) is -3.33. The van der Waals surface area contributed by atoms with Gasteiger partial charge in [-0.25, -0.2) is 17.2 Å². The first-order valence-electron chi connectivity index (χ1n) is 10.5. The number of halogens is 4. The highest BCUT2D eigenvalue weighted by atomic mass is 35.5. The summed E-state index contributed by atoms with van der Waals surface area (Å²) < 4.78 is 54.8. The van der Waals surface area contributed by atoms with E-state index in [9.17, 15) is 27.1 Å². The van der Waals surface area contributed by atoms with Gasteiger partial charge >= 0.3 is 0 Å². The van der Waals surface area contributed by atoms with E-state index in [-0.39, 0.29) is 47.1 Å². The van der Waals surface area contributed by atoms with Crippen LogP contribution < -0.4 is 5.32 Å². The zero-order valence-corrected chi connectivity index (χ0v) is 20.5. The monoisotopic (exact) mass is 540 g/mol. The van der Waals surface area contributed by atoms with E-state index >= 15 is 0 Å². The number of amides is 1. The molecule has 6 nitrogen and oxygen atoms in total. The van der Waals surface area contributed by atoms with Gasteiger partial charge in [0.25, 0.3) is 5.91 Å². The Balaban J connectivity index is 1.54. The number of aliphatic hydroxyl groups is 1. The Labute approximate surface area is 211 Å². The largest absolute Gasteiger partial charge is 0.385 e. The Kier molecular flexibility index (Phi) is 7.17. The van der Waals surface area contributed by atoms with Crippen LogP contribution in [0, 0.1) is 11.6 Å². The molecule has 0 radical (unpaired) electrons. The van der Waals surface area contributed by atoms with Gasteiger partial charge in [0.15, 0.2) is 11.6 Å². The van der Waals surface area contributed by atoms with Crippen molar-refractivity contribution in [3.05, 3.63) is 93.5 Å². The summed E-state index contributed by atoms with van der Waals surface area (Å²) in [6, 6.07) is 14.5. The zero-order chi connectivity index (χ0) is 25.4. The summed E-state index contributed by atoms with van der Waals surface area (Å²) in [4.78, 5) is 12.6. The number of nitrogens with zero attached hydrogens (tertiary/aromatic N) is 1. The van der Waals surface area contributed by atoms with E-state index in [2.05, 4.69) is 5.32 Å². The van der Waals surface area contributed by atoms with Crippen molar-refractivity contribution in [2.24, 2.45) is 0 Å². The lowest BCUT2D eigenvalue weighted by Crippen LogP contribution is -2.45. The molecule has 1 fully saturated rings. The molecule has 1 heterocycles. The molecule has 3 aromatic rings. The van der Waals surface area contributed by atoms with Crippen LogP contribution in [0.1, 0.15) is 28.8 Å². The summed E-state index contributed by atoms with van der Waals surface area (Å²) >= 11 is 11.7. The Bertz CT molecular complexity index is 1360. The summed E-state index contributed by atoms with van der Waals surface area (Å²) in [7, 11) is -4.01. The number of carbonyl (C=O) groups is 1. The first-order chi connectivity index (χ1) is 16.5. The van der Waals surface area contributed by atoms with Gasteiger partial charge in [-0.15, -0.1) is 0 Å². The van der Waals surface area contributed by atoms with Crippen LogP contribution in [0.5, 0.6) is 0 Å². The Hall–Kier alpha value is -2.56. The molecule has 1 aliphatic heterocycles. The standard InChI is InChI=1S/C24H20Cl2F2N2O4S/c25-19-7-6-17(14-18(19)23(31)29-16-12-20(26)22(28)21(27)13-16)35(33,34)30-10-8-24(32,9-11-30)15-4-2-1-3-5-15/h1-7,12-14,32H,8-11H2,(H,29,31). The first kappa shape index (κ1) is 25.5. The quantitative estimate of drug-likeness (QED) is 0.435. The van der Waals surface area contributed by atoms with Crippen LogP contribution in [0.2, 0.25) is 10.0 Å². The summed E-state index contributed by atoms with van der Waals surface area (Å²) in [6.07, 6.45) is 0.405. The topological polar surface area (TPSA) is 86.7 Å². The average molecular weight is 541 g/mol. The second-order valence-electron chi connectivity index (χ2n) is 8.15. The highest BCUT2D eigenvalue weighted by Gasteiger charge is 2.38. The van der Waals surface area contributed by atoms with Gasteiger partial charge in [0.05, 0.1) is 26.1 Å². The zero-order valence-electron chi connectivity index (χ0n) is 18.1. The van der Waals surface area contributed by atoms with Gasteiger partial charge in [-0.1, -0.05) is 53.5 Å². The van der Waals surface area contributed by atoms with Crippen molar-refractivity contribution in [1.82, 2.24) is 4.31 Å². The van der Waals surface area contributed by atoms with Crippen molar-refractivity contribution < 1.29 is 27.1 Å². The molecule has 0 spiro atoms. The lowest BCUT2D eigenvalue weighted by Gasteiger charge is -2.37. The number of rotatable bonds is 5. The molecule has 0 aromatic heterocycles. The number of anilines is 1. The fraction of sp³-hybridized carbons (Fsp3) is 0.208. The van der Waals surface area contributed by atoms with Crippen molar-refractivity contribution in [2.75, 3.05) is 18.4 Å². The van der Waals surface area contributed by atoms with Crippen LogP contribution in [-0.2, 0) is 15.6 Å². The third-order valence-electron chi connectivity index (χ3n) is 5.92. The van der Waals surface area contributed by atoms with E-state index in [0.29, 0.717) is 0 Å². The van der Waals surface area contributed by atoms with E-state index in [0.717, 1.165) is 23.8 Å². The maximum atomic E-state index is 13.6. The number of benzene rings is 3. The lowest BCUT2D eigenvalue weighted by atomic mass is 9.85.